The van der Waals surface area contributed by atoms with Crippen LogP contribution < -0.4 is 10.5 Å². The molecule has 0 bridgehead atoms. The molecule has 0 heterocycles. The predicted octanol–water partition coefficient (Wildman–Crippen LogP) is 2.94. The molecule has 1 aromatic carbocycles. The summed E-state index contributed by atoms with van der Waals surface area (Å²) in [6.45, 7) is 6.50. The van der Waals surface area contributed by atoms with E-state index < -0.39 is 6.10 Å². The third kappa shape index (κ3) is 5.56. The summed E-state index contributed by atoms with van der Waals surface area (Å²) in [5.74, 6) is 0.850. The van der Waals surface area contributed by atoms with Gasteiger partial charge in [0.2, 0.25) is 0 Å². The van der Waals surface area contributed by atoms with Crippen molar-refractivity contribution in [2.45, 2.75) is 39.3 Å². The maximum atomic E-state index is 12.3. The average Bonchev–Trinajstić information content (AvgIpc) is 2.45. The highest BCUT2D eigenvalue weighted by atomic mass is 35.5. The van der Waals surface area contributed by atoms with E-state index in [1.807, 2.05) is 12.1 Å². The van der Waals surface area contributed by atoms with Gasteiger partial charge in [-0.2, -0.15) is 0 Å². The van der Waals surface area contributed by atoms with Crippen LogP contribution in [0.5, 0.6) is 5.75 Å². The van der Waals surface area contributed by atoms with Gasteiger partial charge in [-0.15, -0.1) is 0 Å². The summed E-state index contributed by atoms with van der Waals surface area (Å²) in [6, 6.07) is 7.23. The van der Waals surface area contributed by atoms with Crippen LogP contribution in [0.25, 0.3) is 0 Å². The van der Waals surface area contributed by atoms with Crippen LogP contribution in [0.2, 0.25) is 5.02 Å². The van der Waals surface area contributed by atoms with Gasteiger partial charge in [-0.3, -0.25) is 4.79 Å². The highest BCUT2D eigenvalue weighted by Crippen LogP contribution is 2.24. The fourth-order valence-electron chi connectivity index (χ4n) is 1.88. The SMILES string of the molecule is CC(Oc1ccccc1Cl)C(=O)N(C)CCC(N)C(C)C. The molecule has 0 saturated carbocycles. The van der Waals surface area contributed by atoms with Crippen LogP contribution in [-0.4, -0.2) is 36.5 Å². The number of nitrogens with two attached hydrogens (primary N) is 1. The van der Waals surface area contributed by atoms with E-state index in [4.69, 9.17) is 22.1 Å². The Morgan fingerprint density at radius 2 is 1.95 bits per heavy atom. The number of carbonyl (C=O) groups is 1. The van der Waals surface area contributed by atoms with Crippen molar-refractivity contribution in [1.82, 2.24) is 4.90 Å². The number of para-hydroxylation sites is 1. The molecule has 1 amide bonds. The highest BCUT2D eigenvalue weighted by Gasteiger charge is 2.20. The van der Waals surface area contributed by atoms with Crippen molar-refractivity contribution < 1.29 is 9.53 Å². The Morgan fingerprint density at radius 3 is 2.52 bits per heavy atom. The monoisotopic (exact) mass is 312 g/mol. The van der Waals surface area contributed by atoms with Crippen LogP contribution in [0.3, 0.4) is 0 Å². The quantitative estimate of drug-likeness (QED) is 0.842. The van der Waals surface area contributed by atoms with Crippen molar-refractivity contribution in [3.05, 3.63) is 29.3 Å². The third-order valence-corrected chi connectivity index (χ3v) is 3.83. The van der Waals surface area contributed by atoms with Crippen LogP contribution in [0, 0.1) is 5.92 Å². The molecule has 5 heteroatoms. The number of likely N-dealkylation sites (N-methyl/N-ethyl adjacent to an activating group) is 1. The number of halogens is 1. The highest BCUT2D eigenvalue weighted by molar-refractivity contribution is 6.32. The molecule has 0 saturated heterocycles. The minimum Gasteiger partial charge on any atom is -0.479 e. The molecule has 0 aliphatic rings. The molecule has 2 unspecified atom stereocenters. The molecule has 1 aromatic rings. The lowest BCUT2D eigenvalue weighted by Crippen LogP contribution is -2.40. The second-order valence-electron chi connectivity index (χ2n) is 5.65. The smallest absolute Gasteiger partial charge is 0.263 e. The van der Waals surface area contributed by atoms with Gasteiger partial charge in [-0.1, -0.05) is 37.6 Å². The zero-order chi connectivity index (χ0) is 16.0. The van der Waals surface area contributed by atoms with E-state index in [-0.39, 0.29) is 11.9 Å². The Morgan fingerprint density at radius 1 is 1.33 bits per heavy atom. The van der Waals surface area contributed by atoms with Gasteiger partial charge in [-0.25, -0.2) is 0 Å². The lowest BCUT2D eigenvalue weighted by molar-refractivity contribution is -0.136. The summed E-state index contributed by atoms with van der Waals surface area (Å²) in [4.78, 5) is 13.9. The van der Waals surface area contributed by atoms with E-state index in [9.17, 15) is 4.79 Å². The lowest BCUT2D eigenvalue weighted by atomic mass is 10.0. The van der Waals surface area contributed by atoms with Crippen LogP contribution in [0.4, 0.5) is 0 Å². The van der Waals surface area contributed by atoms with Crippen molar-refractivity contribution in [2.75, 3.05) is 13.6 Å². The molecule has 0 spiro atoms. The number of rotatable bonds is 7. The van der Waals surface area contributed by atoms with E-state index in [2.05, 4.69) is 13.8 Å². The summed E-state index contributed by atoms with van der Waals surface area (Å²) in [5, 5.41) is 0.502. The molecule has 0 radical (unpaired) electrons. The second kappa shape index (κ2) is 8.25. The van der Waals surface area contributed by atoms with E-state index in [0.717, 1.165) is 6.42 Å². The maximum Gasteiger partial charge on any atom is 0.263 e. The van der Waals surface area contributed by atoms with Crippen molar-refractivity contribution in [2.24, 2.45) is 11.7 Å². The first-order valence-electron chi connectivity index (χ1n) is 7.24. The topological polar surface area (TPSA) is 55.6 Å². The summed E-state index contributed by atoms with van der Waals surface area (Å²) in [6.07, 6.45) is 0.198. The van der Waals surface area contributed by atoms with E-state index in [0.29, 0.717) is 23.2 Å². The van der Waals surface area contributed by atoms with Gasteiger partial charge in [0.25, 0.3) is 5.91 Å². The Hall–Kier alpha value is -1.26. The molecule has 2 atom stereocenters. The van der Waals surface area contributed by atoms with Crippen LogP contribution in [0.15, 0.2) is 24.3 Å². The van der Waals surface area contributed by atoms with Crippen LogP contribution >= 0.6 is 11.6 Å². The fourth-order valence-corrected chi connectivity index (χ4v) is 2.06. The first kappa shape index (κ1) is 17.8. The van der Waals surface area contributed by atoms with Gasteiger partial charge >= 0.3 is 0 Å². The standard InChI is InChI=1S/C16H25ClN2O2/c1-11(2)14(18)9-10-19(4)16(20)12(3)21-15-8-6-5-7-13(15)17/h5-8,11-12,14H,9-10,18H2,1-4H3. The van der Waals surface area contributed by atoms with E-state index in [1.54, 1.807) is 31.0 Å². The Kier molecular flexibility index (Phi) is 6.99. The zero-order valence-corrected chi connectivity index (χ0v) is 13.9. The number of amides is 1. The van der Waals surface area contributed by atoms with Gasteiger partial charge in [-0.05, 0) is 31.4 Å². The Bertz CT molecular complexity index is 465. The molecule has 4 nitrogen and oxygen atoms in total. The maximum absolute atomic E-state index is 12.3. The number of ether oxygens (including phenoxy) is 1. The molecule has 118 valence electrons. The van der Waals surface area contributed by atoms with Crippen molar-refractivity contribution >= 4 is 17.5 Å². The first-order chi connectivity index (χ1) is 9.82. The van der Waals surface area contributed by atoms with Crippen molar-refractivity contribution in [3.8, 4) is 5.75 Å². The molecule has 0 aromatic heterocycles. The summed E-state index contributed by atoms with van der Waals surface area (Å²) in [5.41, 5.74) is 6.00. The third-order valence-electron chi connectivity index (χ3n) is 3.52. The van der Waals surface area contributed by atoms with Crippen LogP contribution in [-0.2, 0) is 4.79 Å². The van der Waals surface area contributed by atoms with E-state index >= 15 is 0 Å². The zero-order valence-electron chi connectivity index (χ0n) is 13.2. The minimum absolute atomic E-state index is 0.0779. The normalized spacial score (nSPS) is 13.9. The largest absolute Gasteiger partial charge is 0.479 e. The van der Waals surface area contributed by atoms with Gasteiger partial charge in [0.15, 0.2) is 6.10 Å². The molecule has 0 aliphatic heterocycles. The molecular weight excluding hydrogens is 288 g/mol. The minimum atomic E-state index is -0.579. The molecule has 21 heavy (non-hydrogen) atoms. The molecule has 0 aliphatic carbocycles. The number of carbonyl (C=O) groups excluding carboxylic acids is 1. The molecule has 0 fully saturated rings. The lowest BCUT2D eigenvalue weighted by Gasteiger charge is -2.24. The molecule has 2 N–H and O–H groups in total. The van der Waals surface area contributed by atoms with E-state index in [1.165, 1.54) is 0 Å². The van der Waals surface area contributed by atoms with Crippen molar-refractivity contribution in [1.29, 1.82) is 0 Å². The fraction of sp³-hybridized carbons (Fsp3) is 0.562. The number of hydrogen-bond acceptors (Lipinski definition) is 3. The molecule has 1 rings (SSSR count). The molecular formula is C16H25ClN2O2. The predicted molar refractivity (Wildman–Crippen MR) is 86.6 cm³/mol. The number of hydrogen-bond donors (Lipinski definition) is 1. The summed E-state index contributed by atoms with van der Waals surface area (Å²) >= 11 is 6.02. The van der Waals surface area contributed by atoms with Gasteiger partial charge in [0.1, 0.15) is 5.75 Å². The second-order valence-corrected chi connectivity index (χ2v) is 6.05. The Balaban J connectivity index is 2.52. The average molecular weight is 313 g/mol. The van der Waals surface area contributed by atoms with Gasteiger partial charge in [0, 0.05) is 19.6 Å². The van der Waals surface area contributed by atoms with Crippen LogP contribution in [0.1, 0.15) is 27.2 Å². The van der Waals surface area contributed by atoms with Gasteiger partial charge in [0.05, 0.1) is 5.02 Å². The first-order valence-corrected chi connectivity index (χ1v) is 7.62. The summed E-state index contributed by atoms with van der Waals surface area (Å²) in [7, 11) is 1.77. The van der Waals surface area contributed by atoms with Gasteiger partial charge < -0.3 is 15.4 Å². The van der Waals surface area contributed by atoms with Crippen molar-refractivity contribution in [3.63, 3.8) is 0 Å². The number of benzene rings is 1. The summed E-state index contributed by atoms with van der Waals surface area (Å²) < 4.78 is 5.63. The Labute approximate surface area is 132 Å². The number of nitrogens with zero attached hydrogens (tertiary/aromatic N) is 1.